The predicted molar refractivity (Wildman–Crippen MR) is 111 cm³/mol. The first-order valence-electron chi connectivity index (χ1n) is 10.2. The molecule has 0 bridgehead atoms. The van der Waals surface area contributed by atoms with Crippen molar-refractivity contribution in [2.24, 2.45) is 4.99 Å². The lowest BCUT2D eigenvalue weighted by molar-refractivity contribution is -0.137. The molecule has 0 atom stereocenters. The number of guanidine groups is 1. The Labute approximate surface area is 176 Å². The van der Waals surface area contributed by atoms with Gasteiger partial charge in [0.2, 0.25) is 0 Å². The van der Waals surface area contributed by atoms with Crippen LogP contribution in [-0.2, 0) is 15.7 Å². The van der Waals surface area contributed by atoms with E-state index in [4.69, 9.17) is 9.47 Å². The molecule has 0 aromatic heterocycles. The second-order valence-corrected chi connectivity index (χ2v) is 6.95. The fraction of sp³-hybridized carbons (Fsp3) is 0.591. The number of hydrogen-bond acceptors (Lipinski definition) is 3. The van der Waals surface area contributed by atoms with Crippen molar-refractivity contribution in [2.45, 2.75) is 38.5 Å². The molecule has 0 amide bonds. The maximum absolute atomic E-state index is 12.8. The third-order valence-corrected chi connectivity index (χ3v) is 4.65. The van der Waals surface area contributed by atoms with Crippen molar-refractivity contribution >= 4 is 5.96 Å². The molecule has 2 rings (SSSR count). The van der Waals surface area contributed by atoms with Gasteiger partial charge in [0.25, 0.3) is 0 Å². The van der Waals surface area contributed by atoms with Crippen LogP contribution in [0.5, 0.6) is 0 Å². The fourth-order valence-electron chi connectivity index (χ4n) is 3.14. The first-order chi connectivity index (χ1) is 14.4. The van der Waals surface area contributed by atoms with Gasteiger partial charge in [-0.05, 0) is 44.4 Å². The summed E-state index contributed by atoms with van der Waals surface area (Å²) in [6, 6.07) is 5.02. The van der Waals surface area contributed by atoms with E-state index in [1.165, 1.54) is 6.07 Å². The molecule has 0 unspecified atom stereocenters. The summed E-state index contributed by atoms with van der Waals surface area (Å²) in [4.78, 5) is 6.68. The van der Waals surface area contributed by atoms with Crippen molar-refractivity contribution in [3.05, 3.63) is 35.4 Å². The molecule has 1 aromatic carbocycles. The number of nitrogens with one attached hydrogen (secondary N) is 1. The third-order valence-electron chi connectivity index (χ3n) is 4.65. The van der Waals surface area contributed by atoms with E-state index >= 15 is 0 Å². The summed E-state index contributed by atoms with van der Waals surface area (Å²) in [7, 11) is 1.68. The van der Waals surface area contributed by atoms with Crippen LogP contribution >= 0.6 is 0 Å². The summed E-state index contributed by atoms with van der Waals surface area (Å²) in [6.45, 7) is 6.02. The fourth-order valence-corrected chi connectivity index (χ4v) is 3.14. The summed E-state index contributed by atoms with van der Waals surface area (Å²) in [6.07, 6.45) is -1.37. The van der Waals surface area contributed by atoms with Gasteiger partial charge in [0.15, 0.2) is 5.96 Å². The third kappa shape index (κ3) is 8.25. The number of benzene rings is 1. The minimum absolute atomic E-state index is 0.214. The number of aliphatic imine (C=N–C) groups is 1. The van der Waals surface area contributed by atoms with Gasteiger partial charge in [-0.15, -0.1) is 0 Å². The first kappa shape index (κ1) is 24.0. The Kier molecular flexibility index (Phi) is 9.98. The molecule has 0 saturated carbocycles. The number of halogens is 3. The molecule has 1 saturated heterocycles. The molecule has 1 aliphatic rings. The van der Waals surface area contributed by atoms with Crippen LogP contribution in [0, 0.1) is 11.8 Å². The molecule has 5 nitrogen and oxygen atoms in total. The van der Waals surface area contributed by atoms with E-state index in [1.807, 2.05) is 6.92 Å². The average Bonchev–Trinajstić information content (AvgIpc) is 2.73. The Morgan fingerprint density at radius 3 is 2.70 bits per heavy atom. The molecule has 1 N–H and O–H groups in total. The number of alkyl halides is 3. The maximum Gasteiger partial charge on any atom is 0.416 e. The molecule has 8 heteroatoms. The van der Waals surface area contributed by atoms with Gasteiger partial charge in [-0.25, -0.2) is 4.99 Å². The lowest BCUT2D eigenvalue weighted by atomic mass is 10.1. The molecule has 1 aromatic rings. The Balaban J connectivity index is 1.88. The summed E-state index contributed by atoms with van der Waals surface area (Å²) in [5, 5.41) is 3.26. The highest BCUT2D eigenvalue weighted by Crippen LogP contribution is 2.29. The highest BCUT2D eigenvalue weighted by Gasteiger charge is 2.30. The largest absolute Gasteiger partial charge is 0.416 e. The van der Waals surface area contributed by atoms with Gasteiger partial charge < -0.3 is 19.7 Å². The topological polar surface area (TPSA) is 46.1 Å². The van der Waals surface area contributed by atoms with E-state index in [-0.39, 0.29) is 12.6 Å². The number of methoxy groups -OCH3 is 1. The number of likely N-dealkylation sites (tertiary alicyclic amines) is 1. The van der Waals surface area contributed by atoms with Gasteiger partial charge >= 0.3 is 6.18 Å². The van der Waals surface area contributed by atoms with Gasteiger partial charge in [0.05, 0.1) is 11.7 Å². The molecule has 1 fully saturated rings. The van der Waals surface area contributed by atoms with Crippen LogP contribution in [0.15, 0.2) is 29.3 Å². The van der Waals surface area contributed by atoms with Crippen LogP contribution in [0.25, 0.3) is 0 Å². The zero-order valence-corrected chi connectivity index (χ0v) is 17.6. The number of piperidine rings is 1. The molecule has 166 valence electrons. The number of nitrogens with zero attached hydrogens (tertiary/aromatic N) is 2. The molecular formula is C22H30F3N3O2. The molecule has 0 spiro atoms. The monoisotopic (exact) mass is 425 g/mol. The smallest absolute Gasteiger partial charge is 0.385 e. The van der Waals surface area contributed by atoms with E-state index in [1.54, 1.807) is 13.2 Å². The predicted octanol–water partition coefficient (Wildman–Crippen LogP) is 3.54. The number of hydrogen-bond donors (Lipinski definition) is 1. The van der Waals surface area contributed by atoms with E-state index in [2.05, 4.69) is 27.0 Å². The molecule has 1 aliphatic heterocycles. The normalized spacial score (nSPS) is 15.6. The van der Waals surface area contributed by atoms with Gasteiger partial charge in [0.1, 0.15) is 6.54 Å². The highest BCUT2D eigenvalue weighted by molar-refractivity contribution is 5.80. The molecular weight excluding hydrogens is 395 g/mol. The van der Waals surface area contributed by atoms with Crippen LogP contribution < -0.4 is 5.32 Å². The summed E-state index contributed by atoms with van der Waals surface area (Å²) in [5.74, 6) is 6.39. The van der Waals surface area contributed by atoms with E-state index in [9.17, 15) is 13.2 Å². The van der Waals surface area contributed by atoms with Crippen LogP contribution in [-0.4, -0.2) is 63.5 Å². The van der Waals surface area contributed by atoms with Crippen molar-refractivity contribution in [1.82, 2.24) is 10.2 Å². The second kappa shape index (κ2) is 12.5. The molecule has 0 aliphatic carbocycles. The molecule has 30 heavy (non-hydrogen) atoms. The Hall–Kier alpha value is -2.24. The van der Waals surface area contributed by atoms with E-state index < -0.39 is 11.7 Å². The first-order valence-corrected chi connectivity index (χ1v) is 10.2. The second-order valence-electron chi connectivity index (χ2n) is 6.95. The summed E-state index contributed by atoms with van der Waals surface area (Å²) >= 11 is 0. The van der Waals surface area contributed by atoms with Gasteiger partial charge in [-0.2, -0.15) is 13.2 Å². The Morgan fingerprint density at radius 1 is 1.27 bits per heavy atom. The zero-order valence-electron chi connectivity index (χ0n) is 17.6. The maximum atomic E-state index is 12.8. The van der Waals surface area contributed by atoms with Crippen molar-refractivity contribution in [3.63, 3.8) is 0 Å². The zero-order chi connectivity index (χ0) is 21.8. The summed E-state index contributed by atoms with van der Waals surface area (Å²) < 4.78 is 49.3. The van der Waals surface area contributed by atoms with Gasteiger partial charge in [-0.3, -0.25) is 0 Å². The average molecular weight is 425 g/mol. The number of ether oxygens (including phenoxy) is 2. The van der Waals surface area contributed by atoms with Crippen molar-refractivity contribution in [3.8, 4) is 11.8 Å². The standard InChI is InChI=1S/C22H30F3N3O2/c1-3-26-21(28-13-10-20(11-14-28)30-16-6-15-29-2)27-12-5-8-18-7-4-9-19(17-18)22(23,24)25/h4,7,9,17,20H,3,6,10-16H2,1-2H3,(H,26,27). The SMILES string of the molecule is CCNC(=NCC#Cc1cccc(C(F)(F)F)c1)N1CCC(OCCCOC)CC1. The van der Waals surface area contributed by atoms with E-state index in [0.29, 0.717) is 18.8 Å². The quantitative estimate of drug-likeness (QED) is 0.314. The number of rotatable bonds is 7. The Bertz CT molecular complexity index is 733. The minimum atomic E-state index is -4.37. The highest BCUT2D eigenvalue weighted by atomic mass is 19.4. The molecule has 1 heterocycles. The Morgan fingerprint density at radius 2 is 2.03 bits per heavy atom. The van der Waals surface area contributed by atoms with Crippen LogP contribution in [0.3, 0.4) is 0 Å². The van der Waals surface area contributed by atoms with E-state index in [0.717, 1.165) is 57.0 Å². The molecule has 0 radical (unpaired) electrons. The minimum Gasteiger partial charge on any atom is -0.385 e. The van der Waals surface area contributed by atoms with Crippen LogP contribution in [0.2, 0.25) is 0 Å². The van der Waals surface area contributed by atoms with Crippen molar-refractivity contribution in [2.75, 3.05) is 46.5 Å². The summed E-state index contributed by atoms with van der Waals surface area (Å²) in [5.41, 5.74) is -0.366. The van der Waals surface area contributed by atoms with Crippen molar-refractivity contribution in [1.29, 1.82) is 0 Å². The lowest BCUT2D eigenvalue weighted by Gasteiger charge is -2.34. The lowest BCUT2D eigenvalue weighted by Crippen LogP contribution is -2.47. The van der Waals surface area contributed by atoms with Crippen LogP contribution in [0.1, 0.15) is 37.3 Å². The van der Waals surface area contributed by atoms with Crippen molar-refractivity contribution < 1.29 is 22.6 Å². The van der Waals surface area contributed by atoms with Crippen LogP contribution in [0.4, 0.5) is 13.2 Å². The van der Waals surface area contributed by atoms with Gasteiger partial charge in [0, 0.05) is 45.5 Å². The van der Waals surface area contributed by atoms with Gasteiger partial charge in [-0.1, -0.05) is 17.9 Å².